The Kier molecular flexibility index (Phi) is 5.46. The van der Waals surface area contributed by atoms with Gasteiger partial charge in [0.1, 0.15) is 0 Å². The smallest absolute Gasteiger partial charge is 0.399 e. The lowest BCUT2D eigenvalue weighted by Gasteiger charge is -2.32. The molecule has 1 aromatic rings. The Hall–Kier alpha value is -1.10. The molecular formula is C22H35B2NO4Si. The second-order valence-electron chi connectivity index (χ2n) is 11.6. The summed E-state index contributed by atoms with van der Waals surface area (Å²) in [6.45, 7) is 23.1. The van der Waals surface area contributed by atoms with Crippen molar-refractivity contribution in [3.05, 3.63) is 17.7 Å². The predicted octanol–water partition coefficient (Wildman–Crippen LogP) is 2.70. The van der Waals surface area contributed by atoms with Crippen molar-refractivity contribution in [2.75, 3.05) is 0 Å². The summed E-state index contributed by atoms with van der Waals surface area (Å²) < 4.78 is 25.3. The zero-order valence-corrected chi connectivity index (χ0v) is 21.4. The van der Waals surface area contributed by atoms with Crippen molar-refractivity contribution >= 4 is 38.4 Å². The van der Waals surface area contributed by atoms with Gasteiger partial charge in [0.05, 0.1) is 42.1 Å². The highest BCUT2D eigenvalue weighted by Gasteiger charge is 2.55. The van der Waals surface area contributed by atoms with Crippen LogP contribution in [0.5, 0.6) is 0 Å². The highest BCUT2D eigenvalue weighted by atomic mass is 28.3. The van der Waals surface area contributed by atoms with Gasteiger partial charge in [-0.3, -0.25) is 0 Å². The summed E-state index contributed by atoms with van der Waals surface area (Å²) >= 11 is 0. The summed E-state index contributed by atoms with van der Waals surface area (Å²) in [6, 6.07) is 6.60. The van der Waals surface area contributed by atoms with Crippen LogP contribution in [0.3, 0.4) is 0 Å². The molecule has 2 aliphatic rings. The second kappa shape index (κ2) is 6.95. The summed E-state index contributed by atoms with van der Waals surface area (Å²) in [7, 11) is -2.93. The molecule has 30 heavy (non-hydrogen) atoms. The molecule has 0 unspecified atom stereocenters. The lowest BCUT2D eigenvalue weighted by Crippen LogP contribution is -2.51. The average molecular weight is 427 g/mol. The number of nitriles is 1. The first-order chi connectivity index (χ1) is 13.4. The molecule has 1 aromatic carbocycles. The first kappa shape index (κ1) is 23.6. The molecule has 0 spiro atoms. The molecule has 0 aliphatic carbocycles. The van der Waals surface area contributed by atoms with Crippen LogP contribution in [-0.4, -0.2) is 44.7 Å². The van der Waals surface area contributed by atoms with Crippen LogP contribution in [0.1, 0.15) is 61.0 Å². The van der Waals surface area contributed by atoms with Crippen molar-refractivity contribution in [3.8, 4) is 6.07 Å². The summed E-state index contributed by atoms with van der Waals surface area (Å²) in [5, 5.41) is 11.4. The fourth-order valence-electron chi connectivity index (χ4n) is 3.56. The number of hydrogen-bond donors (Lipinski definition) is 0. The molecule has 0 bridgehead atoms. The van der Waals surface area contributed by atoms with Crippen molar-refractivity contribution in [2.45, 2.75) is 97.4 Å². The summed E-state index contributed by atoms with van der Waals surface area (Å²) in [4.78, 5) is 0. The van der Waals surface area contributed by atoms with E-state index < -0.39 is 44.7 Å². The number of hydrogen-bond acceptors (Lipinski definition) is 5. The van der Waals surface area contributed by atoms with E-state index in [-0.39, 0.29) is 0 Å². The standard InChI is InChI=1S/C22H35B2NO4Si/c1-19(2)20(3,4)27-23(26-19)17-12-15(30(9,10)11)13-18(16(17)14-25)24-28-21(5,6)22(7,8)29-24/h12-13H,1-11H3. The van der Waals surface area contributed by atoms with Gasteiger partial charge in [-0.2, -0.15) is 5.26 Å². The molecule has 0 N–H and O–H groups in total. The van der Waals surface area contributed by atoms with Gasteiger partial charge in [0, 0.05) is 0 Å². The van der Waals surface area contributed by atoms with Crippen LogP contribution in [-0.2, 0) is 18.6 Å². The maximum absolute atomic E-state index is 10.2. The van der Waals surface area contributed by atoms with Gasteiger partial charge in [0.2, 0.25) is 0 Å². The van der Waals surface area contributed by atoms with E-state index in [0.29, 0.717) is 5.56 Å². The summed E-state index contributed by atoms with van der Waals surface area (Å²) in [5.74, 6) is 0. The molecule has 162 valence electrons. The molecule has 8 heteroatoms. The molecule has 2 saturated heterocycles. The van der Waals surface area contributed by atoms with Crippen LogP contribution in [0, 0.1) is 11.3 Å². The third-order valence-corrected chi connectivity index (χ3v) is 9.21. The monoisotopic (exact) mass is 427 g/mol. The molecule has 0 amide bonds. The van der Waals surface area contributed by atoms with E-state index in [0.717, 1.165) is 10.9 Å². The van der Waals surface area contributed by atoms with Gasteiger partial charge in [-0.1, -0.05) is 37.0 Å². The Bertz CT molecular complexity index is 810. The van der Waals surface area contributed by atoms with Crippen molar-refractivity contribution in [3.63, 3.8) is 0 Å². The number of nitrogens with zero attached hydrogens (tertiary/aromatic N) is 1. The van der Waals surface area contributed by atoms with Crippen molar-refractivity contribution in [2.24, 2.45) is 0 Å². The fourth-order valence-corrected chi connectivity index (χ4v) is 4.74. The van der Waals surface area contributed by atoms with Crippen LogP contribution in [0.15, 0.2) is 12.1 Å². The normalized spacial score (nSPS) is 24.2. The molecule has 2 aliphatic heterocycles. The van der Waals surface area contributed by atoms with E-state index in [9.17, 15) is 5.26 Å². The average Bonchev–Trinajstić information content (AvgIpc) is 2.92. The summed E-state index contributed by atoms with van der Waals surface area (Å²) in [6.07, 6.45) is 0. The molecule has 0 saturated carbocycles. The molecule has 0 aromatic heterocycles. The van der Waals surface area contributed by atoms with Crippen LogP contribution >= 0.6 is 0 Å². The lowest BCUT2D eigenvalue weighted by atomic mass is 9.68. The van der Waals surface area contributed by atoms with Crippen molar-refractivity contribution in [1.82, 2.24) is 0 Å². The lowest BCUT2D eigenvalue weighted by molar-refractivity contribution is 0.00578. The molecule has 0 radical (unpaired) electrons. The first-order valence-electron chi connectivity index (χ1n) is 10.7. The van der Waals surface area contributed by atoms with E-state index in [2.05, 4.69) is 37.8 Å². The third kappa shape index (κ3) is 3.80. The fraction of sp³-hybridized carbons (Fsp3) is 0.682. The first-order valence-corrected chi connectivity index (χ1v) is 14.2. The van der Waals surface area contributed by atoms with Crippen molar-refractivity contribution < 1.29 is 18.6 Å². The molecule has 0 atom stereocenters. The van der Waals surface area contributed by atoms with Gasteiger partial charge in [-0.25, -0.2) is 0 Å². The second-order valence-corrected chi connectivity index (χ2v) is 16.6. The van der Waals surface area contributed by atoms with Gasteiger partial charge < -0.3 is 18.6 Å². The van der Waals surface area contributed by atoms with Gasteiger partial charge in [0.25, 0.3) is 0 Å². The quantitative estimate of drug-likeness (QED) is 0.695. The highest BCUT2D eigenvalue weighted by molar-refractivity contribution is 6.89. The molecule has 3 rings (SSSR count). The van der Waals surface area contributed by atoms with E-state index >= 15 is 0 Å². The van der Waals surface area contributed by atoms with Gasteiger partial charge in [-0.05, 0) is 66.3 Å². The maximum atomic E-state index is 10.2. The van der Waals surface area contributed by atoms with Gasteiger partial charge >= 0.3 is 14.2 Å². The zero-order valence-electron chi connectivity index (χ0n) is 20.4. The molecular weight excluding hydrogens is 392 g/mol. The van der Waals surface area contributed by atoms with Gasteiger partial charge in [-0.15, -0.1) is 0 Å². The maximum Gasteiger partial charge on any atom is 0.496 e. The largest absolute Gasteiger partial charge is 0.496 e. The van der Waals surface area contributed by atoms with E-state index in [1.807, 2.05) is 55.4 Å². The van der Waals surface area contributed by atoms with Crippen LogP contribution in [0.2, 0.25) is 19.6 Å². The van der Waals surface area contributed by atoms with Crippen LogP contribution in [0.25, 0.3) is 0 Å². The minimum absolute atomic E-state index is 0.482. The predicted molar refractivity (Wildman–Crippen MR) is 126 cm³/mol. The van der Waals surface area contributed by atoms with E-state index in [1.165, 1.54) is 5.19 Å². The minimum Gasteiger partial charge on any atom is -0.399 e. The third-order valence-electron chi connectivity index (χ3n) is 7.19. The van der Waals surface area contributed by atoms with E-state index in [4.69, 9.17) is 18.6 Å². The van der Waals surface area contributed by atoms with Crippen molar-refractivity contribution in [1.29, 1.82) is 5.26 Å². The summed E-state index contributed by atoms with van der Waals surface area (Å²) in [5.41, 5.74) is 0.123. The Morgan fingerprint density at radius 2 is 1.00 bits per heavy atom. The topological polar surface area (TPSA) is 60.7 Å². The SMILES string of the molecule is CC1(C)OB(c2cc([Si](C)(C)C)cc(B3OC(C)(C)C(C)(C)O3)c2C#N)OC1(C)C. The Morgan fingerprint density at radius 3 is 1.23 bits per heavy atom. The number of rotatable bonds is 3. The Balaban J connectivity index is 2.18. The zero-order chi connectivity index (χ0) is 22.9. The number of benzene rings is 1. The minimum atomic E-state index is -1.71. The van der Waals surface area contributed by atoms with Crippen LogP contribution < -0.4 is 16.1 Å². The van der Waals surface area contributed by atoms with Crippen LogP contribution in [0.4, 0.5) is 0 Å². The van der Waals surface area contributed by atoms with Gasteiger partial charge in [0.15, 0.2) is 0 Å². The highest BCUT2D eigenvalue weighted by Crippen LogP contribution is 2.38. The molecule has 2 fully saturated rings. The molecule has 5 nitrogen and oxygen atoms in total. The molecule has 2 heterocycles. The van der Waals surface area contributed by atoms with E-state index in [1.54, 1.807) is 0 Å². The Labute approximate surface area is 183 Å². The Morgan fingerprint density at radius 1 is 0.700 bits per heavy atom.